The van der Waals surface area contributed by atoms with E-state index >= 15 is 0 Å². The fourth-order valence-electron chi connectivity index (χ4n) is 3.75. The molecule has 4 nitrogen and oxygen atoms in total. The predicted octanol–water partition coefficient (Wildman–Crippen LogP) is 6.35. The number of aromatic nitrogens is 1. The van der Waals surface area contributed by atoms with Gasteiger partial charge >= 0.3 is 0 Å². The molecule has 2 aliphatic rings. The molecule has 2 atom stereocenters. The Hall–Kier alpha value is -1.07. The summed E-state index contributed by atoms with van der Waals surface area (Å²) in [4.78, 5) is 7.29. The number of nitrogens with one attached hydrogen (secondary N) is 1. The average molecular weight is 454 g/mol. The number of ether oxygens (including phenoxy) is 1. The molecule has 1 fully saturated rings. The van der Waals surface area contributed by atoms with Crippen LogP contribution in [0.2, 0.25) is 0 Å². The highest BCUT2D eigenvalue weighted by atomic mass is 35.5. The van der Waals surface area contributed by atoms with Crippen molar-refractivity contribution in [2.75, 3.05) is 31.1 Å². The highest BCUT2D eigenvalue weighted by Crippen LogP contribution is 2.37. The van der Waals surface area contributed by atoms with Crippen LogP contribution in [0.5, 0.6) is 0 Å². The van der Waals surface area contributed by atoms with Crippen molar-refractivity contribution in [1.29, 1.82) is 0 Å². The lowest BCUT2D eigenvalue weighted by Gasteiger charge is -2.29. The Bertz CT molecular complexity index is 714. The van der Waals surface area contributed by atoms with E-state index in [4.69, 9.17) is 32.9 Å². The molecule has 1 aliphatic carbocycles. The summed E-state index contributed by atoms with van der Waals surface area (Å²) < 4.78 is 6.30. The number of hydrogen-bond acceptors (Lipinski definition) is 4. The first-order chi connectivity index (χ1) is 14.6. The number of nitrogens with zero attached hydrogens (tertiary/aromatic N) is 2. The molecule has 0 radical (unpaired) electrons. The zero-order valence-electron chi connectivity index (χ0n) is 18.9. The minimum atomic E-state index is -0.232. The smallest absolute Gasteiger partial charge is 0.129 e. The number of allylic oxidation sites excluding steroid dienone is 3. The molecule has 0 spiro atoms. The van der Waals surface area contributed by atoms with Crippen molar-refractivity contribution in [2.24, 2.45) is 0 Å². The first-order valence-electron chi connectivity index (χ1n) is 11.4. The Kier molecular flexibility index (Phi) is 11.2. The summed E-state index contributed by atoms with van der Waals surface area (Å²) in [6.07, 6.45) is 8.67. The summed E-state index contributed by atoms with van der Waals surface area (Å²) >= 11 is 12.9. The molecule has 0 saturated carbocycles. The summed E-state index contributed by atoms with van der Waals surface area (Å²) in [6, 6.07) is 4.35. The fraction of sp³-hybridized carbons (Fsp3) is 0.625. The topological polar surface area (TPSA) is 37.4 Å². The van der Waals surface area contributed by atoms with E-state index in [1.54, 1.807) is 0 Å². The van der Waals surface area contributed by atoms with Crippen LogP contribution in [-0.2, 0) is 11.2 Å². The number of hydrogen-bond donors (Lipinski definition) is 1. The third kappa shape index (κ3) is 6.98. The molecule has 3 rings (SSSR count). The number of pyridine rings is 1. The van der Waals surface area contributed by atoms with Crippen LogP contribution in [0.15, 0.2) is 34.3 Å². The van der Waals surface area contributed by atoms with Gasteiger partial charge in [-0.25, -0.2) is 4.98 Å². The maximum absolute atomic E-state index is 6.52. The molecule has 0 bridgehead atoms. The van der Waals surface area contributed by atoms with Crippen molar-refractivity contribution in [3.63, 3.8) is 0 Å². The minimum absolute atomic E-state index is 0.0222. The van der Waals surface area contributed by atoms with E-state index in [1.165, 1.54) is 5.56 Å². The highest BCUT2D eigenvalue weighted by molar-refractivity contribution is 6.39. The van der Waals surface area contributed by atoms with Gasteiger partial charge in [0.15, 0.2) is 0 Å². The van der Waals surface area contributed by atoms with Crippen LogP contribution in [0.3, 0.4) is 0 Å². The van der Waals surface area contributed by atoms with Gasteiger partial charge in [-0.3, -0.25) is 0 Å². The maximum Gasteiger partial charge on any atom is 0.129 e. The summed E-state index contributed by atoms with van der Waals surface area (Å²) in [6.45, 7) is 12.1. The Balaban J connectivity index is 0.00000155. The van der Waals surface area contributed by atoms with E-state index in [1.807, 2.05) is 20.8 Å². The molecule has 1 aromatic rings. The zero-order chi connectivity index (χ0) is 21.9. The summed E-state index contributed by atoms with van der Waals surface area (Å²) in [7, 11) is 0. The van der Waals surface area contributed by atoms with Gasteiger partial charge in [0.05, 0.1) is 16.8 Å². The molecule has 30 heavy (non-hydrogen) atoms. The van der Waals surface area contributed by atoms with Gasteiger partial charge in [-0.1, -0.05) is 62.2 Å². The molecule has 1 aliphatic heterocycles. The molecule has 1 saturated heterocycles. The number of rotatable bonds is 8. The predicted molar refractivity (Wildman–Crippen MR) is 130 cm³/mol. The number of piperazine rings is 1. The van der Waals surface area contributed by atoms with Crippen molar-refractivity contribution in [1.82, 2.24) is 10.3 Å². The first-order valence-corrected chi connectivity index (χ1v) is 12.2. The minimum Gasteiger partial charge on any atom is -0.363 e. The van der Waals surface area contributed by atoms with E-state index in [0.29, 0.717) is 10.1 Å². The van der Waals surface area contributed by atoms with Crippen molar-refractivity contribution < 1.29 is 4.74 Å². The molecule has 1 aromatic heterocycles. The lowest BCUT2D eigenvalue weighted by molar-refractivity contribution is 0.0181. The average Bonchev–Trinajstić information content (AvgIpc) is 3.19. The van der Waals surface area contributed by atoms with Gasteiger partial charge in [-0.05, 0) is 50.7 Å². The zero-order valence-corrected chi connectivity index (χ0v) is 20.4. The molecular formula is C24H37Cl2N3O. The normalized spacial score (nSPS) is 20.5. The van der Waals surface area contributed by atoms with Gasteiger partial charge in [-0.15, -0.1) is 0 Å². The maximum atomic E-state index is 6.52. The van der Waals surface area contributed by atoms with Crippen molar-refractivity contribution in [2.45, 2.75) is 72.0 Å². The monoisotopic (exact) mass is 453 g/mol. The largest absolute Gasteiger partial charge is 0.363 e. The van der Waals surface area contributed by atoms with Gasteiger partial charge in [-0.2, -0.15) is 0 Å². The van der Waals surface area contributed by atoms with Crippen molar-refractivity contribution in [3.05, 3.63) is 45.6 Å². The van der Waals surface area contributed by atoms with Gasteiger partial charge < -0.3 is 15.0 Å². The number of halogens is 2. The third-order valence-corrected chi connectivity index (χ3v) is 6.36. The highest BCUT2D eigenvalue weighted by Gasteiger charge is 2.28. The summed E-state index contributed by atoms with van der Waals surface area (Å²) in [5.41, 5.74) is 2.35. The summed E-state index contributed by atoms with van der Waals surface area (Å²) in [5, 5.41) is 4.69. The van der Waals surface area contributed by atoms with Gasteiger partial charge in [0, 0.05) is 31.2 Å². The number of aryl methyl sites for hydroxylation is 1. The number of fused-ring (bicyclic) bond motifs is 1. The van der Waals surface area contributed by atoms with Crippen LogP contribution >= 0.6 is 23.2 Å². The SMILES string of the molecule is CC.CC/C=C\CC/C(Cl)=C(/Cl)C(C)OC1CCc2ccc(N3CCNCC3)nc21. The molecule has 2 unspecified atom stereocenters. The van der Waals surface area contributed by atoms with Crippen LogP contribution in [0.4, 0.5) is 5.82 Å². The molecule has 0 amide bonds. The lowest BCUT2D eigenvalue weighted by Crippen LogP contribution is -2.44. The van der Waals surface area contributed by atoms with E-state index < -0.39 is 0 Å². The Morgan fingerprint density at radius 1 is 1.27 bits per heavy atom. The van der Waals surface area contributed by atoms with Gasteiger partial charge in [0.1, 0.15) is 11.9 Å². The van der Waals surface area contributed by atoms with Crippen LogP contribution in [-0.4, -0.2) is 37.3 Å². The Morgan fingerprint density at radius 2 is 2.00 bits per heavy atom. The van der Waals surface area contributed by atoms with Gasteiger partial charge in [0.25, 0.3) is 0 Å². The second kappa shape index (κ2) is 13.4. The molecular weight excluding hydrogens is 417 g/mol. The van der Waals surface area contributed by atoms with Crippen LogP contribution in [0.1, 0.15) is 70.7 Å². The molecule has 0 aromatic carbocycles. The van der Waals surface area contributed by atoms with E-state index in [2.05, 4.69) is 41.4 Å². The number of anilines is 1. The second-order valence-corrected chi connectivity index (χ2v) is 8.29. The first kappa shape index (κ1) is 25.2. The molecule has 1 N–H and O–H groups in total. The van der Waals surface area contributed by atoms with E-state index in [-0.39, 0.29) is 12.2 Å². The second-order valence-electron chi connectivity index (χ2n) is 7.43. The summed E-state index contributed by atoms with van der Waals surface area (Å²) in [5.74, 6) is 1.05. The fourth-order valence-corrected chi connectivity index (χ4v) is 4.16. The lowest BCUT2D eigenvalue weighted by atomic mass is 10.2. The van der Waals surface area contributed by atoms with Gasteiger partial charge in [0.2, 0.25) is 0 Å². The van der Waals surface area contributed by atoms with Crippen LogP contribution in [0.25, 0.3) is 0 Å². The Labute approximate surface area is 192 Å². The van der Waals surface area contributed by atoms with Crippen molar-refractivity contribution in [3.8, 4) is 0 Å². The Morgan fingerprint density at radius 3 is 2.70 bits per heavy atom. The molecule has 168 valence electrons. The quantitative estimate of drug-likeness (QED) is 0.465. The molecule has 2 heterocycles. The standard InChI is InChI=1S/C22H31Cl2N3O.C2H6/c1-3-4-5-6-7-18(23)21(24)16(2)28-19-10-8-17-9-11-20(26-22(17)19)27-14-12-25-13-15-27;1-2/h4-5,9,11,16,19,25H,3,6-8,10,12-15H2,1-2H3;1-2H3/b5-4-,21-18-;. The van der Waals surface area contributed by atoms with E-state index in [0.717, 1.165) is 69.8 Å². The molecule has 6 heteroatoms. The third-order valence-electron chi connectivity index (χ3n) is 5.34. The van der Waals surface area contributed by atoms with Crippen LogP contribution < -0.4 is 10.2 Å². The van der Waals surface area contributed by atoms with Crippen molar-refractivity contribution >= 4 is 29.0 Å². The van der Waals surface area contributed by atoms with E-state index in [9.17, 15) is 0 Å². The van der Waals surface area contributed by atoms with Crippen LogP contribution in [0, 0.1) is 0 Å².